The first-order valence-electron chi connectivity index (χ1n) is 5.92. The molecule has 0 aromatic heterocycles. The third-order valence-corrected chi connectivity index (χ3v) is 4.18. The van der Waals surface area contributed by atoms with E-state index in [1.165, 1.54) is 18.7 Å². The number of aliphatic hydroxyl groups is 3. The minimum atomic E-state index is -1.22. The van der Waals surface area contributed by atoms with Gasteiger partial charge in [-0.2, -0.15) is 0 Å². The molecular formula is C13H16O5S. The molecule has 0 bridgehead atoms. The molecule has 5 nitrogen and oxygen atoms in total. The average molecular weight is 284 g/mol. The first-order valence-corrected chi connectivity index (χ1v) is 6.97. The highest BCUT2D eigenvalue weighted by Gasteiger charge is 2.38. The number of hydrogen-bond acceptors (Lipinski definition) is 6. The fourth-order valence-corrected chi connectivity index (χ4v) is 2.93. The summed E-state index contributed by atoms with van der Waals surface area (Å²) in [6, 6.07) is 6.64. The van der Waals surface area contributed by atoms with Crippen molar-refractivity contribution in [1.82, 2.24) is 0 Å². The van der Waals surface area contributed by atoms with Gasteiger partial charge in [0.2, 0.25) is 0 Å². The summed E-state index contributed by atoms with van der Waals surface area (Å²) in [4.78, 5) is 11.3. The van der Waals surface area contributed by atoms with Crippen molar-refractivity contribution in [2.24, 2.45) is 0 Å². The molecular weight excluding hydrogens is 268 g/mol. The Bertz CT molecular complexity index is 464. The van der Waals surface area contributed by atoms with Gasteiger partial charge in [-0.05, 0) is 19.1 Å². The summed E-state index contributed by atoms with van der Waals surface area (Å²) in [5.41, 5.74) is -0.144. The second-order valence-corrected chi connectivity index (χ2v) is 5.58. The van der Waals surface area contributed by atoms with Crippen LogP contribution in [0.4, 0.5) is 0 Å². The minimum Gasteiger partial charge on any atom is -0.477 e. The molecule has 0 unspecified atom stereocenters. The largest absolute Gasteiger partial charge is 0.477 e. The van der Waals surface area contributed by atoms with E-state index < -0.39 is 23.7 Å². The van der Waals surface area contributed by atoms with Crippen LogP contribution in [0.5, 0.6) is 5.75 Å². The smallest absolute Gasteiger partial charge is 0.173 e. The topological polar surface area (TPSA) is 87.0 Å². The number of carbonyl (C=O) groups excluding carboxylic acids is 1. The molecule has 2 rings (SSSR count). The summed E-state index contributed by atoms with van der Waals surface area (Å²) in [7, 11) is 0. The van der Waals surface area contributed by atoms with Gasteiger partial charge in [-0.1, -0.05) is 12.1 Å². The van der Waals surface area contributed by atoms with Gasteiger partial charge in [-0.15, -0.1) is 11.8 Å². The quantitative estimate of drug-likeness (QED) is 0.698. The number of aliphatic hydroxyl groups excluding tert-OH is 3. The molecule has 1 saturated heterocycles. The van der Waals surface area contributed by atoms with E-state index in [4.69, 9.17) is 4.74 Å². The first-order chi connectivity index (χ1) is 8.99. The van der Waals surface area contributed by atoms with Crippen LogP contribution in [0.15, 0.2) is 24.3 Å². The van der Waals surface area contributed by atoms with Gasteiger partial charge in [0.15, 0.2) is 11.2 Å². The van der Waals surface area contributed by atoms with Crippen LogP contribution in [0.2, 0.25) is 0 Å². The second-order valence-electron chi connectivity index (χ2n) is 4.45. The third kappa shape index (κ3) is 3.27. The van der Waals surface area contributed by atoms with Crippen LogP contribution >= 0.6 is 11.8 Å². The fourth-order valence-electron chi connectivity index (χ4n) is 1.81. The Labute approximate surface area is 115 Å². The van der Waals surface area contributed by atoms with E-state index in [0.717, 1.165) is 0 Å². The van der Waals surface area contributed by atoms with Crippen molar-refractivity contribution in [1.29, 1.82) is 0 Å². The molecule has 0 amide bonds. The molecule has 0 saturated carbocycles. The van der Waals surface area contributed by atoms with Crippen LogP contribution in [0.25, 0.3) is 0 Å². The molecule has 19 heavy (non-hydrogen) atoms. The van der Waals surface area contributed by atoms with Crippen molar-refractivity contribution in [3.63, 3.8) is 0 Å². The second kappa shape index (κ2) is 5.92. The summed E-state index contributed by atoms with van der Waals surface area (Å²) in [6.07, 6.45) is -3.35. The number of Topliss-reactive ketones (excluding diaryl/α,β-unsaturated/α-hetero) is 1. The number of ether oxygens (including phenoxy) is 1. The van der Waals surface area contributed by atoms with Crippen LogP contribution < -0.4 is 4.74 Å². The van der Waals surface area contributed by atoms with Gasteiger partial charge >= 0.3 is 0 Å². The molecule has 6 heteroatoms. The molecule has 3 N–H and O–H groups in total. The average Bonchev–Trinajstić information content (AvgIpc) is 2.40. The van der Waals surface area contributed by atoms with Gasteiger partial charge in [-0.25, -0.2) is 0 Å². The summed E-state index contributed by atoms with van der Waals surface area (Å²) < 4.78 is 5.57. The van der Waals surface area contributed by atoms with E-state index in [9.17, 15) is 20.1 Å². The maximum atomic E-state index is 11.3. The number of rotatable bonds is 3. The predicted octanol–water partition coefficient (Wildman–Crippen LogP) is 0.424. The standard InChI is InChI=1S/C13H16O5S/c1-7(14)8-3-2-4-9(5-8)18-13-12(17)11(16)10(15)6-19-13/h2-5,10-13,15-17H,6H2,1H3/t10-,11+,12-,13+/m1/s1. The van der Waals surface area contributed by atoms with Crippen LogP contribution in [0.3, 0.4) is 0 Å². The number of benzene rings is 1. The van der Waals surface area contributed by atoms with Gasteiger partial charge in [0.25, 0.3) is 0 Å². The van der Waals surface area contributed by atoms with Crippen molar-refractivity contribution in [3.8, 4) is 5.75 Å². The van der Waals surface area contributed by atoms with Crippen molar-refractivity contribution >= 4 is 17.5 Å². The highest BCUT2D eigenvalue weighted by Crippen LogP contribution is 2.29. The van der Waals surface area contributed by atoms with E-state index in [1.807, 2.05) is 0 Å². The Hall–Kier alpha value is -1.08. The van der Waals surface area contributed by atoms with E-state index in [2.05, 4.69) is 0 Å². The molecule has 0 spiro atoms. The maximum absolute atomic E-state index is 11.3. The van der Waals surface area contributed by atoms with Crippen molar-refractivity contribution < 1.29 is 24.9 Å². The van der Waals surface area contributed by atoms with Gasteiger partial charge in [-0.3, -0.25) is 4.79 Å². The molecule has 1 aromatic carbocycles. The van der Waals surface area contributed by atoms with Gasteiger partial charge in [0.1, 0.15) is 18.0 Å². The Balaban J connectivity index is 2.09. The lowest BCUT2D eigenvalue weighted by molar-refractivity contribution is -0.0786. The maximum Gasteiger partial charge on any atom is 0.173 e. The highest BCUT2D eigenvalue weighted by atomic mass is 32.2. The molecule has 4 atom stereocenters. The normalized spacial score (nSPS) is 30.9. The van der Waals surface area contributed by atoms with E-state index in [1.54, 1.807) is 24.3 Å². The monoisotopic (exact) mass is 284 g/mol. The van der Waals surface area contributed by atoms with E-state index in [0.29, 0.717) is 11.3 Å². The van der Waals surface area contributed by atoms with E-state index in [-0.39, 0.29) is 11.5 Å². The fraction of sp³-hybridized carbons (Fsp3) is 0.462. The lowest BCUT2D eigenvalue weighted by Gasteiger charge is -2.34. The lowest BCUT2D eigenvalue weighted by Crippen LogP contribution is -2.50. The Morgan fingerprint density at radius 2 is 2.05 bits per heavy atom. The van der Waals surface area contributed by atoms with Gasteiger partial charge < -0.3 is 20.1 Å². The van der Waals surface area contributed by atoms with Crippen molar-refractivity contribution in [2.45, 2.75) is 30.7 Å². The van der Waals surface area contributed by atoms with E-state index >= 15 is 0 Å². The molecule has 0 aliphatic carbocycles. The SMILES string of the molecule is CC(=O)c1cccc(O[C@H]2SC[C@@H](O)[C@H](O)[C@H]2O)c1. The number of carbonyl (C=O) groups is 1. The van der Waals surface area contributed by atoms with Gasteiger partial charge in [0, 0.05) is 11.3 Å². The molecule has 104 valence electrons. The zero-order valence-electron chi connectivity index (χ0n) is 10.4. The van der Waals surface area contributed by atoms with Crippen molar-refractivity contribution in [2.75, 3.05) is 5.75 Å². The summed E-state index contributed by atoms with van der Waals surface area (Å²) >= 11 is 1.23. The minimum absolute atomic E-state index is 0.0715. The summed E-state index contributed by atoms with van der Waals surface area (Å²) in [6.45, 7) is 1.46. The Morgan fingerprint density at radius 3 is 2.74 bits per heavy atom. The Kier molecular flexibility index (Phi) is 4.46. The predicted molar refractivity (Wildman–Crippen MR) is 71.3 cm³/mol. The Morgan fingerprint density at radius 1 is 1.32 bits per heavy atom. The molecule has 1 aliphatic rings. The number of thioether (sulfide) groups is 1. The van der Waals surface area contributed by atoms with Crippen LogP contribution in [0.1, 0.15) is 17.3 Å². The molecule has 1 aliphatic heterocycles. The lowest BCUT2D eigenvalue weighted by atomic mass is 10.1. The zero-order chi connectivity index (χ0) is 14.0. The van der Waals surface area contributed by atoms with Crippen LogP contribution in [-0.4, -0.2) is 50.6 Å². The van der Waals surface area contributed by atoms with Gasteiger partial charge in [0.05, 0.1) is 6.10 Å². The third-order valence-electron chi connectivity index (χ3n) is 2.95. The zero-order valence-corrected chi connectivity index (χ0v) is 11.2. The molecule has 1 heterocycles. The van der Waals surface area contributed by atoms with Crippen LogP contribution in [0, 0.1) is 0 Å². The summed E-state index contributed by atoms with van der Waals surface area (Å²) in [5.74, 6) is 0.667. The first kappa shape index (κ1) is 14.3. The highest BCUT2D eigenvalue weighted by molar-refractivity contribution is 7.99. The molecule has 1 aromatic rings. The van der Waals surface area contributed by atoms with Crippen LogP contribution in [-0.2, 0) is 0 Å². The van der Waals surface area contributed by atoms with Crippen molar-refractivity contribution in [3.05, 3.63) is 29.8 Å². The number of ketones is 1. The molecule has 0 radical (unpaired) electrons. The summed E-state index contributed by atoms with van der Waals surface area (Å²) in [5, 5.41) is 28.8. The molecule has 1 fully saturated rings. The number of hydrogen-bond donors (Lipinski definition) is 3.